The molecule has 0 amide bonds. The van der Waals surface area contributed by atoms with Crippen LogP contribution in [0.15, 0.2) is 36.7 Å². The fourth-order valence-corrected chi connectivity index (χ4v) is 0.626. The molecule has 0 radical (unpaired) electrons. The SMILES string of the molecule is O=C=CCO[n+]1ccccc1. The number of carbonyl (C=O) groups excluding carboxylic acids is 1. The van der Waals surface area contributed by atoms with Crippen LogP contribution in [0.25, 0.3) is 0 Å². The molecule has 0 aromatic carbocycles. The van der Waals surface area contributed by atoms with E-state index in [2.05, 4.69) is 0 Å². The molecule has 0 N–H and O–H groups in total. The minimum atomic E-state index is 0.248. The van der Waals surface area contributed by atoms with Gasteiger partial charge in [-0.3, -0.25) is 4.84 Å². The minimum Gasteiger partial charge on any atom is -0.266 e. The van der Waals surface area contributed by atoms with Gasteiger partial charge in [0.1, 0.15) is 5.94 Å². The highest BCUT2D eigenvalue weighted by molar-refractivity contribution is 5.44. The predicted octanol–water partition coefficient (Wildman–Crippen LogP) is -0.210. The third-order valence-electron chi connectivity index (χ3n) is 1.08. The molecule has 11 heavy (non-hydrogen) atoms. The number of hydrogen-bond acceptors (Lipinski definition) is 2. The molecule has 1 aromatic heterocycles. The van der Waals surface area contributed by atoms with E-state index in [1.807, 2.05) is 18.2 Å². The molecule has 0 unspecified atom stereocenters. The number of pyridine rings is 1. The van der Waals surface area contributed by atoms with Crippen molar-refractivity contribution in [3.63, 3.8) is 0 Å². The highest BCUT2D eigenvalue weighted by atomic mass is 16.7. The molecular weight excluding hydrogens is 142 g/mol. The lowest BCUT2D eigenvalue weighted by atomic mass is 10.5. The summed E-state index contributed by atoms with van der Waals surface area (Å²) in [5.74, 6) is 1.62. The molecule has 1 rings (SSSR count). The smallest absolute Gasteiger partial charge is 0.222 e. The Morgan fingerprint density at radius 3 is 2.73 bits per heavy atom. The molecule has 3 nitrogen and oxygen atoms in total. The molecule has 1 aromatic rings. The van der Waals surface area contributed by atoms with Crippen LogP contribution in [0, 0.1) is 0 Å². The Balaban J connectivity index is 2.45. The van der Waals surface area contributed by atoms with Crippen molar-refractivity contribution in [2.75, 3.05) is 6.61 Å². The molecule has 56 valence electrons. The Bertz CT molecular complexity index is 252. The second kappa shape index (κ2) is 4.25. The highest BCUT2D eigenvalue weighted by Crippen LogP contribution is 1.73. The van der Waals surface area contributed by atoms with Crippen molar-refractivity contribution in [2.24, 2.45) is 0 Å². The van der Waals surface area contributed by atoms with Crippen LogP contribution in [-0.4, -0.2) is 12.5 Å². The van der Waals surface area contributed by atoms with Gasteiger partial charge in [0.05, 0.1) is 0 Å². The fraction of sp³-hybridized carbons (Fsp3) is 0.125. The Morgan fingerprint density at radius 1 is 1.36 bits per heavy atom. The van der Waals surface area contributed by atoms with E-state index in [0.29, 0.717) is 0 Å². The summed E-state index contributed by atoms with van der Waals surface area (Å²) in [6, 6.07) is 5.56. The first-order valence-corrected chi connectivity index (χ1v) is 3.22. The van der Waals surface area contributed by atoms with Gasteiger partial charge >= 0.3 is 0 Å². The molecule has 0 aliphatic heterocycles. The molecule has 0 saturated heterocycles. The number of hydrogen-bond donors (Lipinski definition) is 0. The standard InChI is InChI=1S/C8H8NO2/c10-7-4-8-11-9-5-2-1-3-6-9/h1-6H,8H2/q+1. The van der Waals surface area contributed by atoms with E-state index in [-0.39, 0.29) is 6.61 Å². The van der Waals surface area contributed by atoms with E-state index in [4.69, 9.17) is 4.84 Å². The summed E-state index contributed by atoms with van der Waals surface area (Å²) < 4.78 is 1.52. The van der Waals surface area contributed by atoms with E-state index < -0.39 is 0 Å². The van der Waals surface area contributed by atoms with Gasteiger partial charge in [0.25, 0.3) is 0 Å². The van der Waals surface area contributed by atoms with E-state index in [1.54, 1.807) is 18.3 Å². The van der Waals surface area contributed by atoms with Gasteiger partial charge in [-0.1, -0.05) is 6.07 Å². The fourth-order valence-electron chi connectivity index (χ4n) is 0.626. The van der Waals surface area contributed by atoms with Gasteiger partial charge in [0, 0.05) is 22.9 Å². The largest absolute Gasteiger partial charge is 0.266 e. The van der Waals surface area contributed by atoms with Crippen molar-refractivity contribution in [3.05, 3.63) is 36.7 Å². The lowest BCUT2D eigenvalue weighted by Crippen LogP contribution is -2.41. The summed E-state index contributed by atoms with van der Waals surface area (Å²) in [5, 5.41) is 0. The molecule has 1 heterocycles. The Labute approximate surface area is 64.5 Å². The van der Waals surface area contributed by atoms with Gasteiger partial charge in [-0.05, 0) is 0 Å². The van der Waals surface area contributed by atoms with Gasteiger partial charge in [-0.15, -0.1) is 0 Å². The van der Waals surface area contributed by atoms with Crippen molar-refractivity contribution < 1.29 is 14.4 Å². The van der Waals surface area contributed by atoms with Crippen LogP contribution in [0.5, 0.6) is 0 Å². The van der Waals surface area contributed by atoms with Crippen LogP contribution >= 0.6 is 0 Å². The number of rotatable bonds is 3. The minimum absolute atomic E-state index is 0.248. The van der Waals surface area contributed by atoms with Crippen molar-refractivity contribution in [1.29, 1.82) is 0 Å². The third-order valence-corrected chi connectivity index (χ3v) is 1.08. The average molecular weight is 150 g/mol. The predicted molar refractivity (Wildman–Crippen MR) is 38.3 cm³/mol. The lowest BCUT2D eigenvalue weighted by molar-refractivity contribution is -0.889. The van der Waals surface area contributed by atoms with Crippen LogP contribution in [0.4, 0.5) is 0 Å². The molecule has 0 atom stereocenters. The van der Waals surface area contributed by atoms with Crippen LogP contribution in [0.1, 0.15) is 0 Å². The zero-order valence-corrected chi connectivity index (χ0v) is 5.93. The summed E-state index contributed by atoms with van der Waals surface area (Å²) in [6.07, 6.45) is 4.78. The molecular formula is C8H8NO2+. The summed E-state index contributed by atoms with van der Waals surface area (Å²) >= 11 is 0. The topological polar surface area (TPSA) is 30.2 Å². The molecule has 0 aliphatic carbocycles. The number of aromatic nitrogens is 1. The third kappa shape index (κ3) is 2.65. The van der Waals surface area contributed by atoms with Crippen molar-refractivity contribution in [3.8, 4) is 0 Å². The van der Waals surface area contributed by atoms with Crippen molar-refractivity contribution in [2.45, 2.75) is 0 Å². The maximum atomic E-state index is 9.73. The first-order chi connectivity index (χ1) is 5.43. The zero-order valence-electron chi connectivity index (χ0n) is 5.93. The highest BCUT2D eigenvalue weighted by Gasteiger charge is 1.93. The van der Waals surface area contributed by atoms with E-state index in [1.165, 1.54) is 10.8 Å². The summed E-state index contributed by atoms with van der Waals surface area (Å²) in [4.78, 5) is 14.8. The van der Waals surface area contributed by atoms with E-state index in [9.17, 15) is 4.79 Å². The zero-order chi connectivity index (χ0) is 7.94. The molecule has 0 spiro atoms. The maximum absolute atomic E-state index is 9.73. The Morgan fingerprint density at radius 2 is 2.09 bits per heavy atom. The first-order valence-electron chi connectivity index (χ1n) is 3.22. The second-order valence-electron chi connectivity index (χ2n) is 1.85. The molecule has 0 saturated carbocycles. The molecule has 0 bridgehead atoms. The normalized spacial score (nSPS) is 8.36. The Hall–Kier alpha value is -1.60. The summed E-state index contributed by atoms with van der Waals surface area (Å²) in [6.45, 7) is 0.248. The van der Waals surface area contributed by atoms with Gasteiger partial charge < -0.3 is 0 Å². The van der Waals surface area contributed by atoms with E-state index in [0.717, 1.165) is 0 Å². The van der Waals surface area contributed by atoms with Crippen LogP contribution in [-0.2, 0) is 4.79 Å². The first kappa shape index (κ1) is 7.51. The lowest BCUT2D eigenvalue weighted by Gasteiger charge is -1.90. The Kier molecular flexibility index (Phi) is 2.90. The second-order valence-corrected chi connectivity index (χ2v) is 1.85. The van der Waals surface area contributed by atoms with Gasteiger partial charge in [0.15, 0.2) is 6.61 Å². The van der Waals surface area contributed by atoms with E-state index >= 15 is 0 Å². The molecule has 3 heteroatoms. The van der Waals surface area contributed by atoms with Crippen LogP contribution in [0.2, 0.25) is 0 Å². The quantitative estimate of drug-likeness (QED) is 0.441. The van der Waals surface area contributed by atoms with Gasteiger partial charge in [0.2, 0.25) is 12.4 Å². The van der Waals surface area contributed by atoms with Crippen molar-refractivity contribution in [1.82, 2.24) is 0 Å². The maximum Gasteiger partial charge on any atom is 0.222 e. The number of nitrogens with zero attached hydrogens (tertiary/aromatic N) is 1. The summed E-state index contributed by atoms with van der Waals surface area (Å²) in [7, 11) is 0. The van der Waals surface area contributed by atoms with Crippen LogP contribution in [0.3, 0.4) is 0 Å². The molecule has 0 fully saturated rings. The summed E-state index contributed by atoms with van der Waals surface area (Å²) in [5.41, 5.74) is 0. The van der Waals surface area contributed by atoms with Crippen LogP contribution < -0.4 is 9.57 Å². The monoisotopic (exact) mass is 150 g/mol. The average Bonchev–Trinajstić information content (AvgIpc) is 2.07. The molecule has 0 aliphatic rings. The van der Waals surface area contributed by atoms with Gasteiger partial charge in [-0.25, -0.2) is 4.79 Å². The van der Waals surface area contributed by atoms with Crippen molar-refractivity contribution >= 4 is 5.94 Å². The van der Waals surface area contributed by atoms with Gasteiger partial charge in [-0.2, -0.15) is 0 Å².